The lowest BCUT2D eigenvalue weighted by atomic mass is 9.71. The first-order chi connectivity index (χ1) is 6.82. The van der Waals surface area contributed by atoms with Gasteiger partial charge in [-0.2, -0.15) is 0 Å². The van der Waals surface area contributed by atoms with E-state index in [1.807, 2.05) is 32.9 Å². The third-order valence-corrected chi connectivity index (χ3v) is 3.02. The molecule has 2 N–H and O–H groups in total. The number of hydrogen-bond donors (Lipinski definition) is 2. The average molecular weight is 214 g/mol. The van der Waals surface area contributed by atoms with Crippen molar-refractivity contribution >= 4 is 0 Å². The van der Waals surface area contributed by atoms with Crippen LogP contribution in [0.2, 0.25) is 0 Å². The molecule has 0 amide bonds. The first-order valence-electron chi connectivity index (χ1n) is 5.53. The second-order valence-corrected chi connectivity index (χ2v) is 5.07. The molecule has 0 fully saturated rings. The monoisotopic (exact) mass is 214 g/mol. The van der Waals surface area contributed by atoms with Crippen molar-refractivity contribution in [1.29, 1.82) is 0 Å². The molecule has 1 aliphatic rings. The smallest absolute Gasteiger partial charge is 0.121 e. The van der Waals surface area contributed by atoms with Gasteiger partial charge in [-0.15, -0.1) is 0 Å². The highest BCUT2D eigenvalue weighted by Crippen LogP contribution is 2.39. The predicted molar refractivity (Wildman–Crippen MR) is 59.6 cm³/mol. The number of aliphatic hydroxyl groups excluding tert-OH is 1. The summed E-state index contributed by atoms with van der Waals surface area (Å²) in [6.07, 6.45) is 3.22. The van der Waals surface area contributed by atoms with Crippen LogP contribution < -0.4 is 0 Å². The molecule has 3 atom stereocenters. The van der Waals surface area contributed by atoms with Gasteiger partial charge < -0.3 is 14.9 Å². The molecule has 3 heteroatoms. The van der Waals surface area contributed by atoms with Gasteiger partial charge in [0.05, 0.1) is 6.10 Å². The fourth-order valence-corrected chi connectivity index (χ4v) is 2.17. The van der Waals surface area contributed by atoms with Crippen molar-refractivity contribution < 1.29 is 14.9 Å². The highest BCUT2D eigenvalue weighted by molar-refractivity contribution is 5.15. The van der Waals surface area contributed by atoms with Crippen molar-refractivity contribution in [3.8, 4) is 0 Å². The van der Waals surface area contributed by atoms with Gasteiger partial charge in [-0.05, 0) is 25.7 Å². The molecule has 0 aromatic heterocycles. The average Bonchev–Trinajstić information content (AvgIpc) is 2.09. The Labute approximate surface area is 91.8 Å². The summed E-state index contributed by atoms with van der Waals surface area (Å²) in [6, 6.07) is 0. The summed E-state index contributed by atoms with van der Waals surface area (Å²) < 4.78 is 5.46. The lowest BCUT2D eigenvalue weighted by molar-refractivity contribution is -0.161. The van der Waals surface area contributed by atoms with Gasteiger partial charge in [-0.3, -0.25) is 0 Å². The van der Waals surface area contributed by atoms with Crippen LogP contribution >= 0.6 is 0 Å². The van der Waals surface area contributed by atoms with Crippen molar-refractivity contribution in [2.24, 2.45) is 5.41 Å². The Hall–Kier alpha value is -0.380. The maximum atomic E-state index is 10.4. The van der Waals surface area contributed by atoms with Crippen molar-refractivity contribution in [1.82, 2.24) is 0 Å². The molecule has 0 aromatic carbocycles. The van der Waals surface area contributed by atoms with Crippen molar-refractivity contribution in [2.45, 2.75) is 51.9 Å². The molecule has 15 heavy (non-hydrogen) atoms. The number of allylic oxidation sites excluding steroid dienone is 1. The molecule has 0 bridgehead atoms. The summed E-state index contributed by atoms with van der Waals surface area (Å²) in [7, 11) is 0. The summed E-state index contributed by atoms with van der Waals surface area (Å²) in [5.41, 5.74) is -1.27. The zero-order valence-electron chi connectivity index (χ0n) is 10.0. The first kappa shape index (κ1) is 12.7. The van der Waals surface area contributed by atoms with Gasteiger partial charge in [0, 0.05) is 6.61 Å². The summed E-state index contributed by atoms with van der Waals surface area (Å²) in [4.78, 5) is 0. The Balaban J connectivity index is 2.95. The van der Waals surface area contributed by atoms with Crippen LogP contribution in [0.15, 0.2) is 12.2 Å². The molecule has 88 valence electrons. The van der Waals surface area contributed by atoms with E-state index in [4.69, 9.17) is 4.74 Å². The minimum Gasteiger partial charge on any atom is -0.390 e. The molecule has 0 spiro atoms. The van der Waals surface area contributed by atoms with Crippen molar-refractivity contribution in [3.63, 3.8) is 0 Å². The molecule has 0 saturated carbocycles. The van der Waals surface area contributed by atoms with Gasteiger partial charge >= 0.3 is 0 Å². The van der Waals surface area contributed by atoms with E-state index in [1.165, 1.54) is 0 Å². The van der Waals surface area contributed by atoms with E-state index in [0.717, 1.165) is 0 Å². The predicted octanol–water partition coefficient (Wildman–Crippen LogP) is 1.49. The fourth-order valence-electron chi connectivity index (χ4n) is 2.17. The van der Waals surface area contributed by atoms with Gasteiger partial charge in [0.15, 0.2) is 0 Å². The third-order valence-electron chi connectivity index (χ3n) is 3.02. The molecule has 1 aliphatic carbocycles. The lowest BCUT2D eigenvalue weighted by Gasteiger charge is -2.44. The van der Waals surface area contributed by atoms with Crippen molar-refractivity contribution in [3.05, 3.63) is 12.2 Å². The van der Waals surface area contributed by atoms with E-state index < -0.39 is 17.8 Å². The topological polar surface area (TPSA) is 49.7 Å². The number of rotatable bonds is 3. The van der Waals surface area contributed by atoms with Crippen molar-refractivity contribution in [2.75, 3.05) is 6.61 Å². The summed E-state index contributed by atoms with van der Waals surface area (Å²) in [6.45, 7) is 8.11. The second kappa shape index (κ2) is 4.24. The molecule has 0 aromatic rings. The van der Waals surface area contributed by atoms with Gasteiger partial charge in [-0.1, -0.05) is 26.0 Å². The molecular formula is C12H22O3. The molecule has 3 unspecified atom stereocenters. The molecule has 1 rings (SSSR count). The molecule has 3 nitrogen and oxygen atoms in total. The maximum Gasteiger partial charge on any atom is 0.121 e. The van der Waals surface area contributed by atoms with Gasteiger partial charge in [0.25, 0.3) is 0 Å². The van der Waals surface area contributed by atoms with E-state index in [-0.39, 0.29) is 5.41 Å². The minimum atomic E-state index is -1.17. The van der Waals surface area contributed by atoms with E-state index in [9.17, 15) is 10.2 Å². The quantitative estimate of drug-likeness (QED) is 0.700. The van der Waals surface area contributed by atoms with Crippen LogP contribution in [0, 0.1) is 5.41 Å². The minimum absolute atomic E-state index is 0.0979. The van der Waals surface area contributed by atoms with E-state index in [1.54, 1.807) is 6.92 Å². The first-order valence-corrected chi connectivity index (χ1v) is 5.53. The summed E-state index contributed by atoms with van der Waals surface area (Å²) in [5.74, 6) is 0. The molecule has 0 heterocycles. The van der Waals surface area contributed by atoms with E-state index >= 15 is 0 Å². The second-order valence-electron chi connectivity index (χ2n) is 5.07. The third kappa shape index (κ3) is 2.60. The fraction of sp³-hybridized carbons (Fsp3) is 0.833. The number of ether oxygens (including phenoxy) is 1. The molecule has 0 saturated heterocycles. The van der Waals surface area contributed by atoms with Crippen LogP contribution in [-0.2, 0) is 4.74 Å². The molecule has 0 aliphatic heterocycles. The molecule has 0 radical (unpaired) electrons. The summed E-state index contributed by atoms with van der Waals surface area (Å²) in [5, 5.41) is 20.2. The van der Waals surface area contributed by atoms with Crippen LogP contribution in [0.4, 0.5) is 0 Å². The van der Waals surface area contributed by atoms with Crippen LogP contribution in [0.25, 0.3) is 0 Å². The summed E-state index contributed by atoms with van der Waals surface area (Å²) >= 11 is 0. The lowest BCUT2D eigenvalue weighted by Crippen LogP contribution is -2.55. The van der Waals surface area contributed by atoms with Gasteiger partial charge in [-0.25, -0.2) is 0 Å². The van der Waals surface area contributed by atoms with E-state index in [0.29, 0.717) is 13.0 Å². The Bertz CT molecular complexity index is 245. The van der Waals surface area contributed by atoms with E-state index in [2.05, 4.69) is 0 Å². The maximum absolute atomic E-state index is 10.4. The Morgan fingerprint density at radius 2 is 2.13 bits per heavy atom. The normalized spacial score (nSPS) is 36.5. The largest absolute Gasteiger partial charge is 0.390 e. The van der Waals surface area contributed by atoms with Gasteiger partial charge in [0.2, 0.25) is 0 Å². The Morgan fingerprint density at radius 3 is 2.60 bits per heavy atom. The Morgan fingerprint density at radius 1 is 1.53 bits per heavy atom. The van der Waals surface area contributed by atoms with Crippen LogP contribution in [0.3, 0.4) is 0 Å². The highest BCUT2D eigenvalue weighted by atomic mass is 16.5. The molecular weight excluding hydrogens is 192 g/mol. The highest BCUT2D eigenvalue weighted by Gasteiger charge is 2.46. The zero-order chi connectivity index (χ0) is 11.7. The van der Waals surface area contributed by atoms with Crippen LogP contribution in [0.5, 0.6) is 0 Å². The zero-order valence-corrected chi connectivity index (χ0v) is 10.0. The SMILES string of the molecule is CCOC1C=CC(C)(C)CC1(O)C(C)O. The van der Waals surface area contributed by atoms with Crippen LogP contribution in [0.1, 0.15) is 34.1 Å². The van der Waals surface area contributed by atoms with Crippen LogP contribution in [-0.4, -0.2) is 34.6 Å². The van der Waals surface area contributed by atoms with Gasteiger partial charge in [0.1, 0.15) is 11.7 Å². The number of aliphatic hydroxyl groups is 2. The number of hydrogen-bond acceptors (Lipinski definition) is 3. The Kier molecular flexibility index (Phi) is 3.59. The standard InChI is InChI=1S/C12H22O3/c1-5-15-10-6-7-11(3,4)8-12(10,14)9(2)13/h6-7,9-10,13-14H,5,8H2,1-4H3.